The van der Waals surface area contributed by atoms with Crippen LogP contribution in [0.4, 0.5) is 4.39 Å². The van der Waals surface area contributed by atoms with E-state index in [9.17, 15) is 4.39 Å². The van der Waals surface area contributed by atoms with Gasteiger partial charge in [0, 0.05) is 13.2 Å². The number of nitrogens with zero attached hydrogens (tertiary/aromatic N) is 1. The summed E-state index contributed by atoms with van der Waals surface area (Å²) in [6.45, 7) is 3.46. The molecule has 1 atom stereocenters. The summed E-state index contributed by atoms with van der Waals surface area (Å²) in [6.07, 6.45) is 3.10. The van der Waals surface area contributed by atoms with Gasteiger partial charge < -0.3 is 10.5 Å². The third-order valence-electron chi connectivity index (χ3n) is 3.35. The van der Waals surface area contributed by atoms with Crippen LogP contribution in [0.3, 0.4) is 0 Å². The molecule has 1 aliphatic rings. The van der Waals surface area contributed by atoms with Crippen LogP contribution in [0.25, 0.3) is 0 Å². The van der Waals surface area contributed by atoms with E-state index < -0.39 is 5.54 Å². The fourth-order valence-electron chi connectivity index (χ4n) is 2.20. The van der Waals surface area contributed by atoms with Crippen LogP contribution in [-0.4, -0.2) is 18.2 Å². The Morgan fingerprint density at radius 2 is 2.12 bits per heavy atom. The van der Waals surface area contributed by atoms with Crippen molar-refractivity contribution in [3.8, 4) is 0 Å². The lowest BCUT2D eigenvalue weighted by molar-refractivity contribution is 0.0403. The third-order valence-corrected chi connectivity index (χ3v) is 3.35. The standard InChI is InChI=1S/C12H17FN2O/c1-12(14,9-4-6-16-7-5-9)11-3-2-10(13)8-15-11/h2-3,8-9H,4-7,14H2,1H3. The lowest BCUT2D eigenvalue weighted by atomic mass is 9.78. The molecular formula is C12H17FN2O. The zero-order chi connectivity index (χ0) is 11.6. The molecule has 1 saturated heterocycles. The molecule has 3 nitrogen and oxygen atoms in total. The smallest absolute Gasteiger partial charge is 0.141 e. The number of hydrogen-bond donors (Lipinski definition) is 1. The van der Waals surface area contributed by atoms with Crippen molar-refractivity contribution >= 4 is 0 Å². The van der Waals surface area contributed by atoms with Crippen molar-refractivity contribution in [1.29, 1.82) is 0 Å². The molecule has 1 fully saturated rings. The molecule has 0 saturated carbocycles. The number of rotatable bonds is 2. The average Bonchev–Trinajstić information content (AvgIpc) is 2.31. The van der Waals surface area contributed by atoms with Gasteiger partial charge in [-0.15, -0.1) is 0 Å². The van der Waals surface area contributed by atoms with Crippen LogP contribution >= 0.6 is 0 Å². The molecule has 1 unspecified atom stereocenters. The van der Waals surface area contributed by atoms with Gasteiger partial charge in [0.2, 0.25) is 0 Å². The van der Waals surface area contributed by atoms with E-state index in [-0.39, 0.29) is 5.82 Å². The molecule has 0 spiro atoms. The molecule has 0 radical (unpaired) electrons. The van der Waals surface area contributed by atoms with Gasteiger partial charge in [-0.2, -0.15) is 0 Å². The summed E-state index contributed by atoms with van der Waals surface area (Å²) in [6, 6.07) is 3.08. The quantitative estimate of drug-likeness (QED) is 0.833. The van der Waals surface area contributed by atoms with E-state index >= 15 is 0 Å². The fraction of sp³-hybridized carbons (Fsp3) is 0.583. The SMILES string of the molecule is CC(N)(c1ccc(F)cn1)C1CCOCC1. The number of nitrogens with two attached hydrogens (primary N) is 1. The normalized spacial score (nSPS) is 21.7. The van der Waals surface area contributed by atoms with E-state index in [1.165, 1.54) is 12.3 Å². The highest BCUT2D eigenvalue weighted by molar-refractivity contribution is 5.16. The minimum Gasteiger partial charge on any atom is -0.381 e. The van der Waals surface area contributed by atoms with Gasteiger partial charge in [-0.3, -0.25) is 4.98 Å². The van der Waals surface area contributed by atoms with Crippen molar-refractivity contribution in [3.05, 3.63) is 29.8 Å². The van der Waals surface area contributed by atoms with Crippen LogP contribution in [0, 0.1) is 11.7 Å². The first-order valence-electron chi connectivity index (χ1n) is 5.59. The Morgan fingerprint density at radius 1 is 1.44 bits per heavy atom. The Bertz CT molecular complexity index is 345. The highest BCUT2D eigenvalue weighted by atomic mass is 19.1. The van der Waals surface area contributed by atoms with Gasteiger partial charge in [0.15, 0.2) is 0 Å². The highest BCUT2D eigenvalue weighted by Crippen LogP contribution is 2.32. The van der Waals surface area contributed by atoms with E-state index in [0.29, 0.717) is 5.92 Å². The molecule has 0 aliphatic carbocycles. The lowest BCUT2D eigenvalue weighted by Gasteiger charge is -2.36. The molecule has 16 heavy (non-hydrogen) atoms. The predicted molar refractivity (Wildman–Crippen MR) is 59.3 cm³/mol. The minimum absolute atomic E-state index is 0.327. The molecule has 0 amide bonds. The number of aromatic nitrogens is 1. The molecule has 88 valence electrons. The Kier molecular flexibility index (Phi) is 3.21. The van der Waals surface area contributed by atoms with Crippen molar-refractivity contribution in [1.82, 2.24) is 4.98 Å². The topological polar surface area (TPSA) is 48.1 Å². The van der Waals surface area contributed by atoms with Crippen molar-refractivity contribution in [3.63, 3.8) is 0 Å². The Labute approximate surface area is 94.8 Å². The Morgan fingerprint density at radius 3 is 2.69 bits per heavy atom. The van der Waals surface area contributed by atoms with Gasteiger partial charge in [-0.05, 0) is 37.8 Å². The molecule has 1 aromatic heterocycles. The number of pyridine rings is 1. The van der Waals surface area contributed by atoms with Gasteiger partial charge in [0.1, 0.15) is 5.82 Å². The summed E-state index contributed by atoms with van der Waals surface area (Å²) in [4.78, 5) is 4.08. The molecule has 0 bridgehead atoms. The largest absolute Gasteiger partial charge is 0.381 e. The maximum Gasteiger partial charge on any atom is 0.141 e. The van der Waals surface area contributed by atoms with Crippen LogP contribution in [0.15, 0.2) is 18.3 Å². The second kappa shape index (κ2) is 4.47. The van der Waals surface area contributed by atoms with Crippen LogP contribution in [0.2, 0.25) is 0 Å². The summed E-state index contributed by atoms with van der Waals surface area (Å²) in [5.74, 6) is 0.0192. The van der Waals surface area contributed by atoms with E-state index in [0.717, 1.165) is 31.7 Å². The Balaban J connectivity index is 2.19. The average molecular weight is 224 g/mol. The van der Waals surface area contributed by atoms with E-state index in [4.69, 9.17) is 10.5 Å². The molecule has 4 heteroatoms. The zero-order valence-corrected chi connectivity index (χ0v) is 9.45. The summed E-state index contributed by atoms with van der Waals surface area (Å²) < 4.78 is 18.1. The Hall–Kier alpha value is -1.00. The third kappa shape index (κ3) is 2.23. The number of halogens is 1. The first-order valence-corrected chi connectivity index (χ1v) is 5.59. The van der Waals surface area contributed by atoms with Crippen molar-refractivity contribution in [2.75, 3.05) is 13.2 Å². The fourth-order valence-corrected chi connectivity index (χ4v) is 2.20. The molecule has 0 aromatic carbocycles. The van der Waals surface area contributed by atoms with Crippen LogP contribution in [0.1, 0.15) is 25.5 Å². The maximum absolute atomic E-state index is 12.8. The van der Waals surface area contributed by atoms with Crippen molar-refractivity contribution in [2.45, 2.75) is 25.3 Å². The monoisotopic (exact) mass is 224 g/mol. The van der Waals surface area contributed by atoms with Gasteiger partial charge in [0.05, 0.1) is 17.4 Å². The van der Waals surface area contributed by atoms with Crippen LogP contribution < -0.4 is 5.73 Å². The second-order valence-electron chi connectivity index (χ2n) is 4.53. The van der Waals surface area contributed by atoms with Gasteiger partial charge in [-0.25, -0.2) is 4.39 Å². The molecule has 1 aromatic rings. The molecule has 2 rings (SSSR count). The van der Waals surface area contributed by atoms with Gasteiger partial charge >= 0.3 is 0 Å². The van der Waals surface area contributed by atoms with E-state index in [2.05, 4.69) is 4.98 Å². The summed E-state index contributed by atoms with van der Waals surface area (Å²) in [7, 11) is 0. The molecular weight excluding hydrogens is 207 g/mol. The highest BCUT2D eigenvalue weighted by Gasteiger charge is 2.34. The molecule has 2 N–H and O–H groups in total. The van der Waals surface area contributed by atoms with Gasteiger partial charge in [0.25, 0.3) is 0 Å². The van der Waals surface area contributed by atoms with Crippen LogP contribution in [0.5, 0.6) is 0 Å². The second-order valence-corrected chi connectivity index (χ2v) is 4.53. The number of hydrogen-bond acceptors (Lipinski definition) is 3. The minimum atomic E-state index is -0.502. The van der Waals surface area contributed by atoms with Gasteiger partial charge in [-0.1, -0.05) is 0 Å². The summed E-state index contributed by atoms with van der Waals surface area (Å²) in [5.41, 5.74) is 6.57. The summed E-state index contributed by atoms with van der Waals surface area (Å²) >= 11 is 0. The maximum atomic E-state index is 12.8. The zero-order valence-electron chi connectivity index (χ0n) is 9.45. The molecule has 2 heterocycles. The van der Waals surface area contributed by atoms with Crippen LogP contribution in [-0.2, 0) is 10.3 Å². The first-order chi connectivity index (χ1) is 7.60. The lowest BCUT2D eigenvalue weighted by Crippen LogP contribution is -2.44. The molecule has 1 aliphatic heterocycles. The van der Waals surface area contributed by atoms with E-state index in [1.807, 2.05) is 6.92 Å². The van der Waals surface area contributed by atoms with Crippen molar-refractivity contribution < 1.29 is 9.13 Å². The number of ether oxygens (including phenoxy) is 1. The summed E-state index contributed by atoms with van der Waals surface area (Å²) in [5, 5.41) is 0. The first kappa shape index (κ1) is 11.5. The van der Waals surface area contributed by atoms with E-state index in [1.54, 1.807) is 6.07 Å². The van der Waals surface area contributed by atoms with Crippen molar-refractivity contribution in [2.24, 2.45) is 11.7 Å². The predicted octanol–water partition coefficient (Wildman–Crippen LogP) is 1.82.